The number of rotatable bonds is 3. The zero-order valence-corrected chi connectivity index (χ0v) is 15.5. The molecule has 2 N–H and O–H groups in total. The summed E-state index contributed by atoms with van der Waals surface area (Å²) in [6.45, 7) is 4.95. The maximum absolute atomic E-state index is 13.1. The van der Waals surface area contributed by atoms with Crippen LogP contribution in [0.15, 0.2) is 18.2 Å². The van der Waals surface area contributed by atoms with E-state index in [9.17, 15) is 13.2 Å². The summed E-state index contributed by atoms with van der Waals surface area (Å²) in [4.78, 5) is 7.49. The summed E-state index contributed by atoms with van der Waals surface area (Å²) in [5.74, 6) is 0. The van der Waals surface area contributed by atoms with E-state index in [1.165, 1.54) is 17.4 Å². The highest BCUT2D eigenvalue weighted by Gasteiger charge is 2.32. The van der Waals surface area contributed by atoms with Crippen LogP contribution >= 0.6 is 22.9 Å². The van der Waals surface area contributed by atoms with Gasteiger partial charge in [-0.3, -0.25) is 4.90 Å². The van der Waals surface area contributed by atoms with E-state index in [4.69, 9.17) is 17.3 Å². The van der Waals surface area contributed by atoms with Crippen LogP contribution in [0.2, 0.25) is 5.02 Å². The molecule has 1 aliphatic heterocycles. The molecule has 0 bridgehead atoms. The number of thiazole rings is 1. The van der Waals surface area contributed by atoms with Crippen LogP contribution in [0.5, 0.6) is 0 Å². The van der Waals surface area contributed by atoms with E-state index in [2.05, 4.69) is 23.7 Å². The zero-order chi connectivity index (χ0) is 18.4. The van der Waals surface area contributed by atoms with Crippen LogP contribution in [0.1, 0.15) is 37.1 Å². The molecule has 0 radical (unpaired) electrons. The molecule has 136 valence electrons. The van der Waals surface area contributed by atoms with Crippen LogP contribution in [-0.4, -0.2) is 22.0 Å². The molecule has 1 fully saturated rings. The van der Waals surface area contributed by atoms with Gasteiger partial charge in [-0.05, 0) is 44.9 Å². The highest BCUT2D eigenvalue weighted by molar-refractivity contribution is 7.15. The molecule has 2 heterocycles. The van der Waals surface area contributed by atoms with E-state index in [1.807, 2.05) is 0 Å². The number of aromatic nitrogens is 1. The van der Waals surface area contributed by atoms with E-state index in [0.717, 1.165) is 29.9 Å². The standard InChI is InChI=1S/C17H19ClF3N3S/c1-9-3-4-10(2)24(9)8-14-15(23-16(22)25-14)11-5-12(17(19,20)21)7-13(18)6-11/h5-7,9-10H,3-4,8H2,1-2H3,(H2,22,23)/t9-,10-/m1/s1. The molecule has 0 spiro atoms. The average Bonchev–Trinajstić information content (AvgIpc) is 3.03. The minimum absolute atomic E-state index is 0.0326. The Balaban J connectivity index is 2.00. The van der Waals surface area contributed by atoms with E-state index >= 15 is 0 Å². The SMILES string of the molecule is C[C@@H]1CC[C@@H](C)N1Cc1sc(N)nc1-c1cc(Cl)cc(C(F)(F)F)c1. The minimum atomic E-state index is -4.46. The van der Waals surface area contributed by atoms with Crippen molar-refractivity contribution in [3.8, 4) is 11.3 Å². The van der Waals surface area contributed by atoms with Gasteiger partial charge in [0.2, 0.25) is 0 Å². The first-order chi connectivity index (χ1) is 11.6. The number of hydrogen-bond acceptors (Lipinski definition) is 4. The number of halogens is 4. The lowest BCUT2D eigenvalue weighted by molar-refractivity contribution is -0.137. The van der Waals surface area contributed by atoms with Crippen molar-refractivity contribution in [2.45, 2.75) is 51.5 Å². The Hall–Kier alpha value is -1.31. The third-order valence-corrected chi connectivity index (χ3v) is 5.76. The van der Waals surface area contributed by atoms with Gasteiger partial charge >= 0.3 is 6.18 Å². The van der Waals surface area contributed by atoms with Gasteiger partial charge < -0.3 is 5.73 Å². The molecule has 25 heavy (non-hydrogen) atoms. The van der Waals surface area contributed by atoms with Gasteiger partial charge in [0.25, 0.3) is 0 Å². The van der Waals surface area contributed by atoms with E-state index in [0.29, 0.717) is 35.0 Å². The molecule has 0 unspecified atom stereocenters. The van der Waals surface area contributed by atoms with Crippen molar-refractivity contribution in [1.82, 2.24) is 9.88 Å². The first-order valence-electron chi connectivity index (χ1n) is 8.04. The van der Waals surface area contributed by atoms with Crippen molar-refractivity contribution < 1.29 is 13.2 Å². The second-order valence-corrected chi connectivity index (χ2v) is 8.05. The van der Waals surface area contributed by atoms with E-state index < -0.39 is 11.7 Å². The fourth-order valence-electron chi connectivity index (χ4n) is 3.32. The fraction of sp³-hybridized carbons (Fsp3) is 0.471. The zero-order valence-electron chi connectivity index (χ0n) is 13.9. The first kappa shape index (κ1) is 18.5. The summed E-state index contributed by atoms with van der Waals surface area (Å²) in [5, 5.41) is 0.378. The van der Waals surface area contributed by atoms with Crippen LogP contribution < -0.4 is 5.73 Å². The predicted molar refractivity (Wildman–Crippen MR) is 95.7 cm³/mol. The molecule has 1 aliphatic rings. The molecule has 0 aliphatic carbocycles. The van der Waals surface area contributed by atoms with Gasteiger partial charge in [-0.1, -0.05) is 11.6 Å². The number of hydrogen-bond donors (Lipinski definition) is 1. The maximum atomic E-state index is 13.1. The molecule has 1 aromatic carbocycles. The van der Waals surface area contributed by atoms with Crippen LogP contribution in [0.25, 0.3) is 11.3 Å². The normalized spacial score (nSPS) is 21.8. The Morgan fingerprint density at radius 3 is 2.48 bits per heavy atom. The van der Waals surface area contributed by atoms with Crippen LogP contribution in [0, 0.1) is 0 Å². The summed E-state index contributed by atoms with van der Waals surface area (Å²) < 4.78 is 39.3. The van der Waals surface area contributed by atoms with Crippen molar-refractivity contribution >= 4 is 28.1 Å². The Morgan fingerprint density at radius 1 is 1.24 bits per heavy atom. The molecule has 1 aromatic heterocycles. The number of likely N-dealkylation sites (tertiary alicyclic amines) is 1. The molecule has 8 heteroatoms. The Morgan fingerprint density at radius 2 is 1.88 bits per heavy atom. The Bertz CT molecular complexity index is 765. The van der Waals surface area contributed by atoms with Crippen molar-refractivity contribution in [3.63, 3.8) is 0 Å². The van der Waals surface area contributed by atoms with Crippen molar-refractivity contribution in [1.29, 1.82) is 0 Å². The number of nitrogens with zero attached hydrogens (tertiary/aromatic N) is 2. The predicted octanol–water partition coefficient (Wildman–Crippen LogP) is 5.44. The van der Waals surface area contributed by atoms with Gasteiger partial charge in [-0.15, -0.1) is 11.3 Å². The lowest BCUT2D eigenvalue weighted by Gasteiger charge is -2.25. The molecule has 0 saturated carbocycles. The van der Waals surface area contributed by atoms with Crippen LogP contribution in [-0.2, 0) is 12.7 Å². The summed E-state index contributed by atoms with van der Waals surface area (Å²) in [7, 11) is 0. The number of alkyl halides is 3. The lowest BCUT2D eigenvalue weighted by atomic mass is 10.1. The third-order valence-electron chi connectivity index (χ3n) is 4.67. The molecular weight excluding hydrogens is 371 g/mol. The molecular formula is C17H19ClF3N3S. The quantitative estimate of drug-likeness (QED) is 0.760. The first-order valence-corrected chi connectivity index (χ1v) is 9.23. The molecule has 2 atom stereocenters. The molecule has 1 saturated heterocycles. The molecule has 2 aromatic rings. The smallest absolute Gasteiger partial charge is 0.375 e. The average molecular weight is 390 g/mol. The van der Waals surface area contributed by atoms with Gasteiger partial charge in [0.15, 0.2) is 5.13 Å². The van der Waals surface area contributed by atoms with Gasteiger partial charge in [0, 0.05) is 34.1 Å². The fourth-order valence-corrected chi connectivity index (χ4v) is 4.42. The van der Waals surface area contributed by atoms with E-state index in [1.54, 1.807) is 0 Å². The van der Waals surface area contributed by atoms with Crippen LogP contribution in [0.3, 0.4) is 0 Å². The van der Waals surface area contributed by atoms with Gasteiger partial charge in [0.1, 0.15) is 0 Å². The summed E-state index contributed by atoms with van der Waals surface area (Å²) in [6, 6.07) is 4.37. The van der Waals surface area contributed by atoms with Gasteiger partial charge in [0.05, 0.1) is 11.3 Å². The largest absolute Gasteiger partial charge is 0.416 e. The number of nitrogens with two attached hydrogens (primary N) is 1. The number of benzene rings is 1. The summed E-state index contributed by atoms with van der Waals surface area (Å²) >= 11 is 7.24. The summed E-state index contributed by atoms with van der Waals surface area (Å²) in [6.07, 6.45) is -2.24. The summed E-state index contributed by atoms with van der Waals surface area (Å²) in [5.41, 5.74) is 5.91. The topological polar surface area (TPSA) is 42.1 Å². The lowest BCUT2D eigenvalue weighted by Crippen LogP contribution is -2.31. The molecule has 3 rings (SSSR count). The Kier molecular flexibility index (Phi) is 5.01. The highest BCUT2D eigenvalue weighted by Crippen LogP contribution is 2.38. The molecule has 3 nitrogen and oxygen atoms in total. The van der Waals surface area contributed by atoms with E-state index in [-0.39, 0.29) is 5.02 Å². The monoisotopic (exact) mass is 389 g/mol. The van der Waals surface area contributed by atoms with Crippen molar-refractivity contribution in [2.75, 3.05) is 5.73 Å². The van der Waals surface area contributed by atoms with Crippen molar-refractivity contribution in [3.05, 3.63) is 33.7 Å². The highest BCUT2D eigenvalue weighted by atomic mass is 35.5. The second kappa shape index (κ2) is 6.78. The third kappa shape index (κ3) is 3.93. The van der Waals surface area contributed by atoms with Crippen molar-refractivity contribution in [2.24, 2.45) is 0 Å². The Labute approximate surface area is 153 Å². The van der Waals surface area contributed by atoms with Gasteiger partial charge in [-0.25, -0.2) is 4.98 Å². The van der Waals surface area contributed by atoms with Crippen LogP contribution in [0.4, 0.5) is 18.3 Å². The second-order valence-electron chi connectivity index (χ2n) is 6.50. The number of anilines is 1. The molecule has 0 amide bonds. The maximum Gasteiger partial charge on any atom is 0.416 e. The van der Waals surface area contributed by atoms with Gasteiger partial charge in [-0.2, -0.15) is 13.2 Å². The minimum Gasteiger partial charge on any atom is -0.375 e. The number of nitrogen functional groups attached to an aromatic ring is 1.